The van der Waals surface area contributed by atoms with E-state index >= 15 is 0 Å². The second kappa shape index (κ2) is 7.40. The third-order valence-electron chi connectivity index (χ3n) is 4.18. The third kappa shape index (κ3) is 3.95. The predicted molar refractivity (Wildman–Crippen MR) is 105 cm³/mol. The number of ether oxygens (including phenoxy) is 2. The van der Waals surface area contributed by atoms with Crippen LogP contribution >= 0.6 is 11.8 Å². The Labute approximate surface area is 159 Å². The fraction of sp³-hybridized carbons (Fsp3) is 0.263. The van der Waals surface area contributed by atoms with Crippen LogP contribution in [-0.2, 0) is 4.79 Å². The molecule has 1 atom stereocenters. The van der Waals surface area contributed by atoms with E-state index in [1.165, 1.54) is 11.8 Å². The highest BCUT2D eigenvalue weighted by Gasteiger charge is 2.17. The summed E-state index contributed by atoms with van der Waals surface area (Å²) in [6.07, 6.45) is 0.854. The summed E-state index contributed by atoms with van der Waals surface area (Å²) in [5, 5.41) is 2.57. The first-order valence-corrected chi connectivity index (χ1v) is 9.56. The molecule has 7 nitrogen and oxygen atoms in total. The Hall–Kier alpha value is -2.87. The van der Waals surface area contributed by atoms with Gasteiger partial charge in [-0.1, -0.05) is 0 Å². The van der Waals surface area contributed by atoms with Crippen molar-refractivity contribution in [1.29, 1.82) is 0 Å². The molecule has 1 aliphatic heterocycles. The molecule has 2 aromatic carbocycles. The molecule has 4 rings (SSSR count). The number of rotatable bonds is 4. The highest BCUT2D eigenvalue weighted by molar-refractivity contribution is 8.00. The van der Waals surface area contributed by atoms with Crippen LogP contribution in [0.25, 0.3) is 11.0 Å². The van der Waals surface area contributed by atoms with Crippen molar-refractivity contribution >= 4 is 34.4 Å². The number of amides is 1. The standard InChI is InChI=1S/C19H19N3O4S/c1-11(27-13-4-6-16-17(10-13)26-8-2-7-25-16)18(23)20-12-3-5-14-15(9-12)22-19(24)21-14/h3-6,9-11H,2,7-8H2,1H3,(H,20,23)(H2,21,22,24)/t11-/m1/s1. The lowest BCUT2D eigenvalue weighted by molar-refractivity contribution is -0.115. The molecular weight excluding hydrogens is 366 g/mol. The molecule has 2 heterocycles. The Morgan fingerprint density at radius 1 is 1.07 bits per heavy atom. The van der Waals surface area contributed by atoms with Gasteiger partial charge in [-0.15, -0.1) is 11.8 Å². The summed E-state index contributed by atoms with van der Waals surface area (Å²) in [5.74, 6) is 1.33. The maximum atomic E-state index is 12.5. The molecule has 0 fully saturated rings. The number of hydrogen-bond acceptors (Lipinski definition) is 5. The first kappa shape index (κ1) is 17.5. The van der Waals surface area contributed by atoms with Crippen molar-refractivity contribution in [3.05, 3.63) is 46.9 Å². The van der Waals surface area contributed by atoms with Crippen molar-refractivity contribution in [2.45, 2.75) is 23.5 Å². The van der Waals surface area contributed by atoms with Crippen molar-refractivity contribution < 1.29 is 14.3 Å². The van der Waals surface area contributed by atoms with E-state index in [1.54, 1.807) is 18.2 Å². The molecule has 0 saturated heterocycles. The summed E-state index contributed by atoms with van der Waals surface area (Å²) >= 11 is 1.45. The average Bonchev–Trinajstić information content (AvgIpc) is 2.86. The molecule has 3 N–H and O–H groups in total. The summed E-state index contributed by atoms with van der Waals surface area (Å²) in [4.78, 5) is 30.2. The minimum absolute atomic E-state index is 0.121. The summed E-state index contributed by atoms with van der Waals surface area (Å²) < 4.78 is 11.3. The Bertz CT molecular complexity index is 1040. The van der Waals surface area contributed by atoms with Gasteiger partial charge in [0.2, 0.25) is 5.91 Å². The molecule has 0 aliphatic carbocycles. The Kier molecular flexibility index (Phi) is 4.81. The van der Waals surface area contributed by atoms with Gasteiger partial charge in [0.25, 0.3) is 0 Å². The highest BCUT2D eigenvalue weighted by atomic mass is 32.2. The Balaban J connectivity index is 1.44. The molecule has 1 aliphatic rings. The molecule has 1 amide bonds. The first-order chi connectivity index (χ1) is 13.1. The van der Waals surface area contributed by atoms with Crippen molar-refractivity contribution in [2.24, 2.45) is 0 Å². The molecule has 0 radical (unpaired) electrons. The van der Waals surface area contributed by atoms with Crippen LogP contribution in [0.2, 0.25) is 0 Å². The normalized spacial score (nSPS) is 14.6. The average molecular weight is 385 g/mol. The smallest absolute Gasteiger partial charge is 0.323 e. The van der Waals surface area contributed by atoms with Crippen molar-refractivity contribution in [2.75, 3.05) is 18.5 Å². The predicted octanol–water partition coefficient (Wildman–Crippen LogP) is 3.14. The van der Waals surface area contributed by atoms with E-state index in [2.05, 4.69) is 15.3 Å². The second-order valence-electron chi connectivity index (χ2n) is 6.25. The van der Waals surface area contributed by atoms with Crippen LogP contribution in [0.3, 0.4) is 0 Å². The molecular formula is C19H19N3O4S. The highest BCUT2D eigenvalue weighted by Crippen LogP contribution is 2.35. The van der Waals surface area contributed by atoms with Gasteiger partial charge >= 0.3 is 5.69 Å². The van der Waals surface area contributed by atoms with Gasteiger partial charge in [-0.2, -0.15) is 0 Å². The zero-order valence-corrected chi connectivity index (χ0v) is 15.5. The number of hydrogen-bond donors (Lipinski definition) is 3. The van der Waals surface area contributed by atoms with Gasteiger partial charge in [-0.05, 0) is 43.3 Å². The van der Waals surface area contributed by atoms with Crippen LogP contribution in [0.4, 0.5) is 5.69 Å². The molecule has 27 heavy (non-hydrogen) atoms. The van der Waals surface area contributed by atoms with Crippen LogP contribution in [0.1, 0.15) is 13.3 Å². The fourth-order valence-electron chi connectivity index (χ4n) is 2.83. The van der Waals surface area contributed by atoms with Gasteiger partial charge in [0.1, 0.15) is 0 Å². The second-order valence-corrected chi connectivity index (χ2v) is 7.66. The van der Waals surface area contributed by atoms with Gasteiger partial charge < -0.3 is 24.8 Å². The maximum Gasteiger partial charge on any atom is 0.323 e. The molecule has 1 aromatic heterocycles. The summed E-state index contributed by atoms with van der Waals surface area (Å²) in [7, 11) is 0. The molecule has 0 unspecified atom stereocenters. The summed E-state index contributed by atoms with van der Waals surface area (Å²) in [5.41, 5.74) is 1.72. The van der Waals surface area contributed by atoms with Crippen molar-refractivity contribution in [3.63, 3.8) is 0 Å². The molecule has 0 spiro atoms. The first-order valence-electron chi connectivity index (χ1n) is 8.68. The molecule has 8 heteroatoms. The Morgan fingerprint density at radius 2 is 1.85 bits per heavy atom. The molecule has 140 valence electrons. The minimum Gasteiger partial charge on any atom is -0.490 e. The van der Waals surface area contributed by atoms with Gasteiger partial charge in [0.05, 0.1) is 29.5 Å². The third-order valence-corrected chi connectivity index (χ3v) is 5.28. The van der Waals surface area contributed by atoms with E-state index in [-0.39, 0.29) is 16.8 Å². The molecule has 0 saturated carbocycles. The maximum absolute atomic E-state index is 12.5. The number of carbonyl (C=O) groups excluding carboxylic acids is 1. The van der Waals surface area contributed by atoms with E-state index in [0.29, 0.717) is 35.7 Å². The van der Waals surface area contributed by atoms with Crippen LogP contribution in [-0.4, -0.2) is 34.3 Å². The lowest BCUT2D eigenvalue weighted by Gasteiger charge is -2.14. The lowest BCUT2D eigenvalue weighted by Crippen LogP contribution is -2.22. The van der Waals surface area contributed by atoms with E-state index < -0.39 is 0 Å². The van der Waals surface area contributed by atoms with E-state index in [1.807, 2.05) is 25.1 Å². The number of H-pyrrole nitrogens is 2. The monoisotopic (exact) mass is 385 g/mol. The largest absolute Gasteiger partial charge is 0.490 e. The van der Waals surface area contributed by atoms with Crippen molar-refractivity contribution in [1.82, 2.24) is 9.97 Å². The van der Waals surface area contributed by atoms with Crippen LogP contribution in [0.15, 0.2) is 46.1 Å². The van der Waals surface area contributed by atoms with E-state index in [0.717, 1.165) is 17.1 Å². The van der Waals surface area contributed by atoms with Gasteiger partial charge in [0, 0.05) is 17.0 Å². The van der Waals surface area contributed by atoms with E-state index in [4.69, 9.17) is 9.47 Å². The lowest BCUT2D eigenvalue weighted by atomic mass is 10.2. The van der Waals surface area contributed by atoms with Gasteiger partial charge in [0.15, 0.2) is 11.5 Å². The van der Waals surface area contributed by atoms with Gasteiger partial charge in [-0.3, -0.25) is 4.79 Å². The molecule has 3 aromatic rings. The van der Waals surface area contributed by atoms with Crippen LogP contribution < -0.4 is 20.5 Å². The Morgan fingerprint density at radius 3 is 2.70 bits per heavy atom. The van der Waals surface area contributed by atoms with Crippen LogP contribution in [0, 0.1) is 0 Å². The summed E-state index contributed by atoms with van der Waals surface area (Å²) in [6, 6.07) is 11.0. The minimum atomic E-state index is -0.310. The number of carbonyl (C=O) groups is 1. The zero-order valence-electron chi connectivity index (χ0n) is 14.7. The topological polar surface area (TPSA) is 96.2 Å². The number of anilines is 1. The summed E-state index contributed by atoms with van der Waals surface area (Å²) in [6.45, 7) is 3.12. The zero-order chi connectivity index (χ0) is 18.8. The van der Waals surface area contributed by atoms with E-state index in [9.17, 15) is 9.59 Å². The number of nitrogens with one attached hydrogen (secondary N) is 3. The SMILES string of the molecule is C[C@@H](Sc1ccc2c(c1)OCCCO2)C(=O)Nc1ccc2[nH]c(=O)[nH]c2c1. The quantitative estimate of drug-likeness (QED) is 0.600. The number of aromatic amines is 2. The number of benzene rings is 2. The van der Waals surface area contributed by atoms with Gasteiger partial charge in [-0.25, -0.2) is 4.79 Å². The molecule has 0 bridgehead atoms. The number of fused-ring (bicyclic) bond motifs is 2. The van der Waals surface area contributed by atoms with Crippen molar-refractivity contribution in [3.8, 4) is 11.5 Å². The number of imidazole rings is 1. The van der Waals surface area contributed by atoms with Crippen LogP contribution in [0.5, 0.6) is 11.5 Å². The number of thioether (sulfide) groups is 1. The number of aromatic nitrogens is 2. The fourth-order valence-corrected chi connectivity index (χ4v) is 3.72.